The van der Waals surface area contributed by atoms with Crippen molar-refractivity contribution in [1.82, 2.24) is 9.97 Å². The summed E-state index contributed by atoms with van der Waals surface area (Å²) in [4.78, 5) is 6.60. The van der Waals surface area contributed by atoms with Gasteiger partial charge in [-0.1, -0.05) is 0 Å². The van der Waals surface area contributed by atoms with E-state index in [0.717, 1.165) is 12.4 Å². The van der Waals surface area contributed by atoms with Gasteiger partial charge in [-0.3, -0.25) is 0 Å². The van der Waals surface area contributed by atoms with Crippen molar-refractivity contribution in [1.29, 1.82) is 5.26 Å². The molecule has 1 aromatic rings. The zero-order valence-corrected chi connectivity index (χ0v) is 4.37. The molecule has 0 amide bonds. The van der Waals surface area contributed by atoms with Crippen molar-refractivity contribution in [3.63, 3.8) is 0 Å². The minimum atomic E-state index is -0.672. The molecule has 44 valence electrons. The minimum absolute atomic E-state index is 0.122. The van der Waals surface area contributed by atoms with Crippen LogP contribution in [0.3, 0.4) is 0 Å². The van der Waals surface area contributed by atoms with E-state index in [-0.39, 0.29) is 5.69 Å². The quantitative estimate of drug-likeness (QED) is 0.504. The molecule has 0 atom stereocenters. The van der Waals surface area contributed by atoms with Crippen LogP contribution in [-0.2, 0) is 0 Å². The maximum Gasteiger partial charge on any atom is 0.231 e. The Morgan fingerprint density at radius 3 is 2.67 bits per heavy atom. The lowest BCUT2D eigenvalue weighted by Gasteiger charge is -1.83. The van der Waals surface area contributed by atoms with Crippen molar-refractivity contribution in [2.75, 3.05) is 0 Å². The van der Waals surface area contributed by atoms with E-state index in [1.54, 1.807) is 6.07 Å². The van der Waals surface area contributed by atoms with Gasteiger partial charge in [0, 0.05) is 0 Å². The maximum atomic E-state index is 11.9. The monoisotopic (exact) mass is 123 g/mol. The van der Waals surface area contributed by atoms with Gasteiger partial charge in [0.2, 0.25) is 5.95 Å². The Balaban J connectivity index is 3.06. The molecule has 0 aliphatic heterocycles. The van der Waals surface area contributed by atoms with E-state index in [2.05, 4.69) is 9.97 Å². The zero-order valence-electron chi connectivity index (χ0n) is 4.37. The SMILES string of the molecule is N#Cc1cnc(F)cn1. The molecule has 0 aliphatic carbocycles. The number of nitriles is 1. The highest BCUT2D eigenvalue weighted by atomic mass is 19.1. The summed E-state index contributed by atoms with van der Waals surface area (Å²) in [5.41, 5.74) is 0.122. The number of halogens is 1. The van der Waals surface area contributed by atoms with Gasteiger partial charge in [0.05, 0.1) is 12.4 Å². The molecule has 0 aromatic carbocycles. The molecule has 0 bridgehead atoms. The van der Waals surface area contributed by atoms with E-state index < -0.39 is 5.95 Å². The van der Waals surface area contributed by atoms with Crippen LogP contribution in [-0.4, -0.2) is 9.97 Å². The summed E-state index contributed by atoms with van der Waals surface area (Å²) in [5, 5.41) is 8.15. The summed E-state index contributed by atoms with van der Waals surface area (Å²) in [5.74, 6) is -0.672. The molecule has 0 N–H and O–H groups in total. The van der Waals surface area contributed by atoms with Crippen molar-refractivity contribution in [3.8, 4) is 6.07 Å². The Hall–Kier alpha value is -1.50. The molecular weight excluding hydrogens is 121 g/mol. The number of hydrogen-bond donors (Lipinski definition) is 0. The third-order valence-electron chi connectivity index (χ3n) is 0.735. The van der Waals surface area contributed by atoms with Crippen LogP contribution >= 0.6 is 0 Å². The van der Waals surface area contributed by atoms with Crippen molar-refractivity contribution in [2.45, 2.75) is 0 Å². The van der Waals surface area contributed by atoms with Gasteiger partial charge in [-0.05, 0) is 0 Å². The molecule has 1 aromatic heterocycles. The molecule has 1 rings (SSSR count). The summed E-state index contributed by atoms with van der Waals surface area (Å²) in [6.45, 7) is 0. The molecule has 0 aliphatic rings. The summed E-state index contributed by atoms with van der Waals surface area (Å²) in [6.07, 6.45) is 1.98. The minimum Gasteiger partial charge on any atom is -0.239 e. The van der Waals surface area contributed by atoms with Crippen LogP contribution in [0.25, 0.3) is 0 Å². The Bertz CT molecular complexity index is 235. The Labute approximate surface area is 50.8 Å². The molecule has 4 heteroatoms. The molecule has 0 spiro atoms. The summed E-state index contributed by atoms with van der Waals surface area (Å²) < 4.78 is 11.9. The van der Waals surface area contributed by atoms with Crippen LogP contribution in [0.15, 0.2) is 12.4 Å². The average Bonchev–Trinajstić information content (AvgIpc) is 1.90. The first-order valence-electron chi connectivity index (χ1n) is 2.20. The van der Waals surface area contributed by atoms with Crippen LogP contribution in [0, 0.1) is 17.3 Å². The number of hydrogen-bond acceptors (Lipinski definition) is 3. The molecule has 0 radical (unpaired) electrons. The Kier molecular flexibility index (Phi) is 1.36. The number of aromatic nitrogens is 2. The molecule has 0 unspecified atom stereocenters. The smallest absolute Gasteiger partial charge is 0.231 e. The summed E-state index contributed by atoms with van der Waals surface area (Å²) in [6, 6.07) is 1.71. The van der Waals surface area contributed by atoms with Gasteiger partial charge in [0.1, 0.15) is 6.07 Å². The topological polar surface area (TPSA) is 49.6 Å². The van der Waals surface area contributed by atoms with Gasteiger partial charge in [-0.15, -0.1) is 0 Å². The highest BCUT2D eigenvalue weighted by Crippen LogP contribution is 1.89. The lowest BCUT2D eigenvalue weighted by atomic mass is 10.5. The fourth-order valence-corrected chi connectivity index (χ4v) is 0.370. The second-order valence-electron chi connectivity index (χ2n) is 1.34. The van der Waals surface area contributed by atoms with Crippen molar-refractivity contribution < 1.29 is 4.39 Å². The number of rotatable bonds is 0. The Morgan fingerprint density at radius 1 is 1.44 bits per heavy atom. The number of nitrogens with zero attached hydrogens (tertiary/aromatic N) is 3. The molecule has 3 nitrogen and oxygen atoms in total. The Morgan fingerprint density at radius 2 is 2.22 bits per heavy atom. The largest absolute Gasteiger partial charge is 0.239 e. The second-order valence-corrected chi connectivity index (χ2v) is 1.34. The first kappa shape index (κ1) is 5.63. The van der Waals surface area contributed by atoms with Crippen LogP contribution in [0.5, 0.6) is 0 Å². The normalized spacial score (nSPS) is 8.44. The van der Waals surface area contributed by atoms with Crippen LogP contribution in [0.2, 0.25) is 0 Å². The third kappa shape index (κ3) is 1.19. The van der Waals surface area contributed by atoms with Crippen molar-refractivity contribution in [2.24, 2.45) is 0 Å². The van der Waals surface area contributed by atoms with E-state index in [4.69, 9.17) is 5.26 Å². The van der Waals surface area contributed by atoms with Gasteiger partial charge in [-0.2, -0.15) is 9.65 Å². The average molecular weight is 123 g/mol. The predicted octanol–water partition coefficient (Wildman–Crippen LogP) is 0.487. The fourth-order valence-electron chi connectivity index (χ4n) is 0.370. The van der Waals surface area contributed by atoms with Crippen LogP contribution in [0.1, 0.15) is 5.69 Å². The van der Waals surface area contributed by atoms with Gasteiger partial charge >= 0.3 is 0 Å². The molecule has 0 saturated heterocycles. The molecular formula is C5H2FN3. The van der Waals surface area contributed by atoms with E-state index in [1.165, 1.54) is 0 Å². The van der Waals surface area contributed by atoms with Crippen LogP contribution in [0.4, 0.5) is 4.39 Å². The first-order chi connectivity index (χ1) is 4.33. The van der Waals surface area contributed by atoms with E-state index >= 15 is 0 Å². The van der Waals surface area contributed by atoms with E-state index in [9.17, 15) is 4.39 Å². The van der Waals surface area contributed by atoms with Crippen LogP contribution < -0.4 is 0 Å². The first-order valence-corrected chi connectivity index (χ1v) is 2.20. The lowest BCUT2D eigenvalue weighted by molar-refractivity contribution is 0.576. The lowest BCUT2D eigenvalue weighted by Crippen LogP contribution is -1.86. The van der Waals surface area contributed by atoms with E-state index in [0.29, 0.717) is 0 Å². The standard InChI is InChI=1S/C5H2FN3/c6-5-3-8-4(1-7)2-9-5/h2-3H. The molecule has 0 fully saturated rings. The molecule has 9 heavy (non-hydrogen) atoms. The van der Waals surface area contributed by atoms with E-state index in [1.807, 2.05) is 0 Å². The third-order valence-corrected chi connectivity index (χ3v) is 0.735. The van der Waals surface area contributed by atoms with Gasteiger partial charge in [0.15, 0.2) is 5.69 Å². The van der Waals surface area contributed by atoms with Gasteiger partial charge < -0.3 is 0 Å². The molecule has 1 heterocycles. The van der Waals surface area contributed by atoms with Crippen molar-refractivity contribution >= 4 is 0 Å². The fraction of sp³-hybridized carbons (Fsp3) is 0. The second kappa shape index (κ2) is 2.18. The summed E-state index contributed by atoms with van der Waals surface area (Å²) in [7, 11) is 0. The van der Waals surface area contributed by atoms with Gasteiger partial charge in [-0.25, -0.2) is 9.97 Å². The predicted molar refractivity (Wildman–Crippen MR) is 26.7 cm³/mol. The van der Waals surface area contributed by atoms with Gasteiger partial charge in [0.25, 0.3) is 0 Å². The van der Waals surface area contributed by atoms with Crippen molar-refractivity contribution in [3.05, 3.63) is 24.0 Å². The zero-order chi connectivity index (χ0) is 6.69. The highest BCUT2D eigenvalue weighted by Gasteiger charge is 1.91. The molecule has 0 saturated carbocycles. The maximum absolute atomic E-state index is 11.9. The summed E-state index contributed by atoms with van der Waals surface area (Å²) >= 11 is 0. The highest BCUT2D eigenvalue weighted by molar-refractivity contribution is 5.14.